The number of aromatic hydroxyl groups is 1. The zero-order valence-corrected chi connectivity index (χ0v) is 18.6. The van der Waals surface area contributed by atoms with Gasteiger partial charge in [-0.1, -0.05) is 6.07 Å². The maximum atomic E-state index is 15.2. The van der Waals surface area contributed by atoms with E-state index in [0.717, 1.165) is 12.8 Å². The first-order chi connectivity index (χ1) is 15.8. The summed E-state index contributed by atoms with van der Waals surface area (Å²) >= 11 is 0. The van der Waals surface area contributed by atoms with Crippen LogP contribution in [0.4, 0.5) is 4.39 Å². The molecule has 9 nitrogen and oxygen atoms in total. The number of aryl methyl sites for hydroxylation is 1. The fourth-order valence-electron chi connectivity index (χ4n) is 4.85. The molecule has 0 amide bonds. The molecule has 4 heterocycles. The van der Waals surface area contributed by atoms with Gasteiger partial charge < -0.3 is 9.84 Å². The SMILES string of the molecule is CN1C2CC[C@]1(C)[C@@H](F)[C@@H](Oc1ccc(-c3ccc(-c4ncn(C)c(=O)n4)cc3O)nn1)C2. The van der Waals surface area contributed by atoms with Gasteiger partial charge in [-0.15, -0.1) is 10.2 Å². The molecule has 0 saturated carbocycles. The van der Waals surface area contributed by atoms with E-state index in [2.05, 4.69) is 25.1 Å². The average molecular weight is 452 g/mol. The van der Waals surface area contributed by atoms with Crippen LogP contribution in [0.25, 0.3) is 22.6 Å². The molecule has 4 atom stereocenters. The number of rotatable bonds is 4. The molecular weight excluding hydrogens is 427 g/mol. The van der Waals surface area contributed by atoms with Crippen LogP contribution in [0.5, 0.6) is 11.6 Å². The first-order valence-corrected chi connectivity index (χ1v) is 10.9. The summed E-state index contributed by atoms with van der Waals surface area (Å²) in [6.07, 6.45) is 2.09. The number of alkyl halides is 1. The van der Waals surface area contributed by atoms with Gasteiger partial charge in [-0.2, -0.15) is 4.98 Å². The van der Waals surface area contributed by atoms with Gasteiger partial charge in [-0.3, -0.25) is 9.47 Å². The molecule has 172 valence electrons. The summed E-state index contributed by atoms with van der Waals surface area (Å²) in [5.74, 6) is 0.420. The van der Waals surface area contributed by atoms with Gasteiger partial charge in [-0.05, 0) is 45.0 Å². The molecule has 0 radical (unpaired) electrons. The van der Waals surface area contributed by atoms with Gasteiger partial charge in [0.05, 0.1) is 11.2 Å². The van der Waals surface area contributed by atoms with E-state index in [0.29, 0.717) is 29.3 Å². The quantitative estimate of drug-likeness (QED) is 0.643. The number of hydrogen-bond acceptors (Lipinski definition) is 8. The second kappa shape index (κ2) is 7.87. The Morgan fingerprint density at radius 1 is 1.21 bits per heavy atom. The molecule has 2 aromatic heterocycles. The van der Waals surface area contributed by atoms with Crippen molar-refractivity contribution >= 4 is 0 Å². The van der Waals surface area contributed by atoms with E-state index < -0.39 is 23.5 Å². The monoisotopic (exact) mass is 452 g/mol. The van der Waals surface area contributed by atoms with Crippen molar-refractivity contribution in [2.75, 3.05) is 7.05 Å². The number of fused-ring (bicyclic) bond motifs is 2. The molecule has 1 unspecified atom stereocenters. The number of nitrogens with zero attached hydrogens (tertiary/aromatic N) is 6. The molecule has 2 fully saturated rings. The van der Waals surface area contributed by atoms with Crippen LogP contribution in [0.15, 0.2) is 41.5 Å². The summed E-state index contributed by atoms with van der Waals surface area (Å²) in [5.41, 5.74) is 0.438. The summed E-state index contributed by atoms with van der Waals surface area (Å²) in [4.78, 5) is 21.9. The highest BCUT2D eigenvalue weighted by Crippen LogP contribution is 2.45. The van der Waals surface area contributed by atoms with E-state index in [9.17, 15) is 9.90 Å². The maximum Gasteiger partial charge on any atom is 0.350 e. The molecule has 3 aromatic rings. The summed E-state index contributed by atoms with van der Waals surface area (Å²) in [6.45, 7) is 1.95. The van der Waals surface area contributed by atoms with E-state index in [1.165, 1.54) is 17.0 Å². The molecule has 2 bridgehead atoms. The molecule has 33 heavy (non-hydrogen) atoms. The summed E-state index contributed by atoms with van der Waals surface area (Å²) in [5, 5.41) is 18.8. The lowest BCUT2D eigenvalue weighted by atomic mass is 9.87. The second-order valence-electron chi connectivity index (χ2n) is 9.02. The van der Waals surface area contributed by atoms with Crippen LogP contribution in [0.3, 0.4) is 0 Å². The van der Waals surface area contributed by atoms with Gasteiger partial charge in [0.15, 0.2) is 12.0 Å². The fraction of sp³-hybridized carbons (Fsp3) is 0.435. The van der Waals surface area contributed by atoms with Crippen molar-refractivity contribution in [3.63, 3.8) is 0 Å². The van der Waals surface area contributed by atoms with E-state index in [1.54, 1.807) is 31.3 Å². The molecular formula is C23H25FN6O3. The number of piperidine rings is 1. The second-order valence-corrected chi connectivity index (χ2v) is 9.02. The van der Waals surface area contributed by atoms with Crippen LogP contribution < -0.4 is 10.4 Å². The molecule has 1 aromatic carbocycles. The number of ether oxygens (including phenoxy) is 1. The molecule has 1 N–H and O–H groups in total. The minimum Gasteiger partial charge on any atom is -0.507 e. The number of benzene rings is 1. The van der Waals surface area contributed by atoms with Gasteiger partial charge in [0.2, 0.25) is 5.88 Å². The van der Waals surface area contributed by atoms with E-state index in [1.807, 2.05) is 14.0 Å². The Balaban J connectivity index is 1.33. The zero-order valence-electron chi connectivity index (χ0n) is 18.6. The van der Waals surface area contributed by atoms with Crippen LogP contribution in [0.1, 0.15) is 26.2 Å². The number of phenols is 1. The van der Waals surface area contributed by atoms with Gasteiger partial charge in [-0.25, -0.2) is 14.2 Å². The van der Waals surface area contributed by atoms with Crippen molar-refractivity contribution in [2.24, 2.45) is 7.05 Å². The number of phenolic OH excluding ortho intramolecular Hbond substituents is 1. The standard InChI is InChI=1S/C23H25FN6O3/c1-23-9-8-14(30(23)3)11-18(20(23)24)33-19-7-6-16(27-28-19)15-5-4-13(10-17(15)31)21-25-12-29(2)22(32)26-21/h4-7,10,12,14,18,20,31H,8-9,11H2,1-3H3/t14?,18-,20-,23+/m0/s1. The first kappa shape index (κ1) is 21.4. The number of hydrogen-bond donors (Lipinski definition) is 1. The molecule has 0 aliphatic carbocycles. The lowest BCUT2D eigenvalue weighted by Crippen LogP contribution is -2.60. The number of aromatic nitrogens is 5. The van der Waals surface area contributed by atoms with Crippen molar-refractivity contribution in [1.82, 2.24) is 29.6 Å². The van der Waals surface area contributed by atoms with E-state index >= 15 is 4.39 Å². The van der Waals surface area contributed by atoms with Crippen molar-refractivity contribution in [3.05, 3.63) is 47.1 Å². The Morgan fingerprint density at radius 3 is 2.73 bits per heavy atom. The third kappa shape index (κ3) is 3.64. The highest BCUT2D eigenvalue weighted by Gasteiger charge is 2.55. The highest BCUT2D eigenvalue weighted by atomic mass is 19.1. The van der Waals surface area contributed by atoms with Crippen LogP contribution in [0.2, 0.25) is 0 Å². The number of halogens is 1. The molecule has 0 spiro atoms. The summed E-state index contributed by atoms with van der Waals surface area (Å²) < 4.78 is 22.4. The minimum atomic E-state index is -1.11. The predicted molar refractivity (Wildman–Crippen MR) is 119 cm³/mol. The smallest absolute Gasteiger partial charge is 0.350 e. The van der Waals surface area contributed by atoms with Crippen LogP contribution in [0, 0.1) is 0 Å². The maximum absolute atomic E-state index is 15.2. The molecule has 5 rings (SSSR count). The third-order valence-corrected chi connectivity index (χ3v) is 7.06. The lowest BCUT2D eigenvalue weighted by molar-refractivity contribution is -0.0596. The summed E-state index contributed by atoms with van der Waals surface area (Å²) in [7, 11) is 3.54. The average Bonchev–Trinajstić information content (AvgIpc) is 3.02. The van der Waals surface area contributed by atoms with E-state index in [-0.39, 0.29) is 17.5 Å². The minimum absolute atomic E-state index is 0.0524. The van der Waals surface area contributed by atoms with Crippen LogP contribution in [-0.4, -0.2) is 65.6 Å². The molecule has 10 heteroatoms. The van der Waals surface area contributed by atoms with Gasteiger partial charge in [0.1, 0.15) is 18.2 Å². The van der Waals surface area contributed by atoms with Gasteiger partial charge in [0.25, 0.3) is 0 Å². The Bertz CT molecular complexity index is 1250. The van der Waals surface area contributed by atoms with Crippen molar-refractivity contribution in [3.8, 4) is 34.3 Å². The Kier molecular flexibility index (Phi) is 5.12. The topological polar surface area (TPSA) is 106 Å². The third-order valence-electron chi connectivity index (χ3n) is 7.06. The Hall–Kier alpha value is -3.40. The molecule has 2 saturated heterocycles. The highest BCUT2D eigenvalue weighted by molar-refractivity contribution is 5.71. The van der Waals surface area contributed by atoms with Crippen LogP contribution >= 0.6 is 0 Å². The lowest BCUT2D eigenvalue weighted by Gasteiger charge is -2.45. The fourth-order valence-corrected chi connectivity index (χ4v) is 4.85. The van der Waals surface area contributed by atoms with Crippen molar-refractivity contribution in [1.29, 1.82) is 0 Å². The Labute approximate surface area is 189 Å². The molecule has 2 aliphatic heterocycles. The first-order valence-electron chi connectivity index (χ1n) is 10.9. The predicted octanol–water partition coefficient (Wildman–Crippen LogP) is 2.35. The van der Waals surface area contributed by atoms with Crippen molar-refractivity contribution < 1.29 is 14.2 Å². The normalized spacial score (nSPS) is 27.0. The van der Waals surface area contributed by atoms with Crippen LogP contribution in [-0.2, 0) is 7.05 Å². The zero-order chi connectivity index (χ0) is 23.3. The largest absolute Gasteiger partial charge is 0.507 e. The van der Waals surface area contributed by atoms with Gasteiger partial charge in [0, 0.05) is 36.7 Å². The summed E-state index contributed by atoms with van der Waals surface area (Å²) in [6, 6.07) is 8.43. The van der Waals surface area contributed by atoms with Gasteiger partial charge >= 0.3 is 5.69 Å². The van der Waals surface area contributed by atoms with Crippen molar-refractivity contribution in [2.45, 2.75) is 50.0 Å². The molecule has 2 aliphatic rings. The Morgan fingerprint density at radius 2 is 2.03 bits per heavy atom. The van der Waals surface area contributed by atoms with E-state index in [4.69, 9.17) is 4.74 Å².